The summed E-state index contributed by atoms with van der Waals surface area (Å²) in [6.45, 7) is 1.66. The van der Waals surface area contributed by atoms with Gasteiger partial charge in [0, 0.05) is 5.56 Å². The van der Waals surface area contributed by atoms with E-state index in [0.29, 0.717) is 27.6 Å². The van der Waals surface area contributed by atoms with Crippen molar-refractivity contribution in [2.45, 2.75) is 6.92 Å². The van der Waals surface area contributed by atoms with Crippen molar-refractivity contribution in [3.05, 3.63) is 46.2 Å². The van der Waals surface area contributed by atoms with Crippen LogP contribution in [0.15, 0.2) is 40.9 Å². The molecule has 1 aromatic carbocycles. The van der Waals surface area contributed by atoms with Crippen LogP contribution in [0.4, 0.5) is 5.69 Å². The zero-order valence-electron chi connectivity index (χ0n) is 11.1. The SMILES string of the molecule is COc1ccsc1C(=O)Nc1ccccc1/C(C)=N/O. The molecule has 6 heteroatoms. The standard InChI is InChI=1S/C14H14N2O3S/c1-9(16-18)10-5-3-4-6-11(10)15-14(17)13-12(19-2)7-8-20-13/h3-8,18H,1-2H3,(H,15,17)/b16-9+. The molecule has 0 atom stereocenters. The van der Waals surface area contributed by atoms with Crippen molar-refractivity contribution >= 4 is 28.6 Å². The molecule has 0 fully saturated rings. The Hall–Kier alpha value is -2.34. The summed E-state index contributed by atoms with van der Waals surface area (Å²) in [5.74, 6) is 0.285. The van der Waals surface area contributed by atoms with Gasteiger partial charge in [0.2, 0.25) is 0 Å². The second kappa shape index (κ2) is 6.21. The van der Waals surface area contributed by atoms with Crippen molar-refractivity contribution < 1.29 is 14.7 Å². The Morgan fingerprint density at radius 3 is 2.80 bits per heavy atom. The van der Waals surface area contributed by atoms with E-state index in [0.717, 1.165) is 0 Å². The quantitative estimate of drug-likeness (QED) is 0.516. The molecular formula is C14H14N2O3S. The first kappa shape index (κ1) is 14.1. The summed E-state index contributed by atoms with van der Waals surface area (Å²) in [5.41, 5.74) is 1.68. The number of methoxy groups -OCH3 is 1. The Morgan fingerprint density at radius 2 is 2.10 bits per heavy atom. The minimum Gasteiger partial charge on any atom is -0.495 e. The van der Waals surface area contributed by atoms with Gasteiger partial charge in [-0.2, -0.15) is 0 Å². The van der Waals surface area contributed by atoms with Gasteiger partial charge in [-0.3, -0.25) is 4.79 Å². The van der Waals surface area contributed by atoms with E-state index in [1.54, 1.807) is 36.6 Å². The molecule has 0 aliphatic rings. The fourth-order valence-corrected chi connectivity index (χ4v) is 2.52. The number of nitrogens with zero attached hydrogens (tertiary/aromatic N) is 1. The van der Waals surface area contributed by atoms with Crippen molar-refractivity contribution in [1.82, 2.24) is 0 Å². The number of carbonyl (C=O) groups is 1. The summed E-state index contributed by atoms with van der Waals surface area (Å²) in [6.07, 6.45) is 0. The molecule has 1 amide bonds. The molecule has 1 heterocycles. The first-order valence-corrected chi connectivity index (χ1v) is 6.76. The lowest BCUT2D eigenvalue weighted by Gasteiger charge is -2.10. The molecule has 0 bridgehead atoms. The molecule has 0 spiro atoms. The molecule has 20 heavy (non-hydrogen) atoms. The monoisotopic (exact) mass is 290 g/mol. The van der Waals surface area contributed by atoms with Gasteiger partial charge < -0.3 is 15.3 Å². The van der Waals surface area contributed by atoms with Crippen molar-refractivity contribution in [3.8, 4) is 5.75 Å². The normalized spacial score (nSPS) is 11.2. The summed E-state index contributed by atoms with van der Waals surface area (Å²) in [7, 11) is 1.52. The second-order valence-corrected chi connectivity index (χ2v) is 4.92. The first-order valence-electron chi connectivity index (χ1n) is 5.88. The summed E-state index contributed by atoms with van der Waals surface area (Å²) in [6, 6.07) is 8.88. The van der Waals surface area contributed by atoms with E-state index in [-0.39, 0.29) is 5.91 Å². The number of carbonyl (C=O) groups excluding carboxylic acids is 1. The van der Waals surface area contributed by atoms with Gasteiger partial charge in [-0.1, -0.05) is 23.4 Å². The Labute approximate surface area is 120 Å². The Balaban J connectivity index is 2.29. The minimum atomic E-state index is -0.255. The van der Waals surface area contributed by atoms with Crippen molar-refractivity contribution in [2.75, 3.05) is 12.4 Å². The number of nitrogens with one attached hydrogen (secondary N) is 1. The maximum atomic E-state index is 12.2. The maximum Gasteiger partial charge on any atom is 0.269 e. The number of thiophene rings is 1. The van der Waals surface area contributed by atoms with Crippen LogP contribution in [0, 0.1) is 0 Å². The summed E-state index contributed by atoms with van der Waals surface area (Å²) < 4.78 is 5.13. The average Bonchev–Trinajstić information content (AvgIpc) is 2.95. The summed E-state index contributed by atoms with van der Waals surface area (Å²) in [5, 5.41) is 16.6. The Kier molecular flexibility index (Phi) is 4.37. The van der Waals surface area contributed by atoms with Crippen LogP contribution in [0.25, 0.3) is 0 Å². The van der Waals surface area contributed by atoms with Crippen molar-refractivity contribution in [2.24, 2.45) is 5.16 Å². The number of benzene rings is 1. The molecule has 5 nitrogen and oxygen atoms in total. The van der Waals surface area contributed by atoms with Crippen LogP contribution in [-0.2, 0) is 0 Å². The van der Waals surface area contributed by atoms with Gasteiger partial charge in [0.05, 0.1) is 18.5 Å². The van der Waals surface area contributed by atoms with Gasteiger partial charge in [-0.05, 0) is 24.4 Å². The van der Waals surface area contributed by atoms with E-state index < -0.39 is 0 Å². The zero-order chi connectivity index (χ0) is 14.5. The first-order chi connectivity index (χ1) is 9.67. The molecule has 2 aromatic rings. The molecule has 0 saturated carbocycles. The van der Waals surface area contributed by atoms with Crippen LogP contribution in [0.5, 0.6) is 5.75 Å². The predicted molar refractivity (Wildman–Crippen MR) is 79.3 cm³/mol. The Bertz CT molecular complexity index is 649. The number of anilines is 1. The number of hydrogen-bond donors (Lipinski definition) is 2. The number of ether oxygens (including phenoxy) is 1. The largest absolute Gasteiger partial charge is 0.495 e. The molecule has 2 rings (SSSR count). The molecule has 104 valence electrons. The fraction of sp³-hybridized carbons (Fsp3) is 0.143. The molecule has 0 aliphatic carbocycles. The van der Waals surface area contributed by atoms with Crippen LogP contribution in [0.2, 0.25) is 0 Å². The number of oxime groups is 1. The molecule has 1 aromatic heterocycles. The van der Waals surface area contributed by atoms with Gasteiger partial charge in [-0.15, -0.1) is 11.3 Å². The highest BCUT2D eigenvalue weighted by atomic mass is 32.1. The van der Waals surface area contributed by atoms with Crippen LogP contribution in [0.1, 0.15) is 22.2 Å². The molecular weight excluding hydrogens is 276 g/mol. The number of para-hydroxylation sites is 1. The van der Waals surface area contributed by atoms with E-state index in [9.17, 15) is 4.79 Å². The molecule has 0 aliphatic heterocycles. The van der Waals surface area contributed by atoms with E-state index in [1.165, 1.54) is 18.4 Å². The maximum absolute atomic E-state index is 12.2. The highest BCUT2D eigenvalue weighted by molar-refractivity contribution is 7.12. The third-order valence-corrected chi connectivity index (χ3v) is 3.66. The highest BCUT2D eigenvalue weighted by Gasteiger charge is 2.16. The topological polar surface area (TPSA) is 70.9 Å². The van der Waals surface area contributed by atoms with Crippen LogP contribution in [-0.4, -0.2) is 23.9 Å². The highest BCUT2D eigenvalue weighted by Crippen LogP contribution is 2.26. The number of amides is 1. The number of rotatable bonds is 4. The molecule has 2 N–H and O–H groups in total. The second-order valence-electron chi connectivity index (χ2n) is 4.00. The van der Waals surface area contributed by atoms with E-state index in [4.69, 9.17) is 9.94 Å². The van der Waals surface area contributed by atoms with E-state index in [2.05, 4.69) is 10.5 Å². The van der Waals surface area contributed by atoms with Crippen LogP contribution < -0.4 is 10.1 Å². The van der Waals surface area contributed by atoms with Crippen LogP contribution >= 0.6 is 11.3 Å². The van der Waals surface area contributed by atoms with Gasteiger partial charge in [0.15, 0.2) is 0 Å². The van der Waals surface area contributed by atoms with E-state index >= 15 is 0 Å². The van der Waals surface area contributed by atoms with Gasteiger partial charge in [-0.25, -0.2) is 0 Å². The smallest absolute Gasteiger partial charge is 0.269 e. The minimum absolute atomic E-state index is 0.255. The van der Waals surface area contributed by atoms with E-state index in [1.807, 2.05) is 6.07 Å². The predicted octanol–water partition coefficient (Wildman–Crippen LogP) is 3.21. The third kappa shape index (κ3) is 2.80. The van der Waals surface area contributed by atoms with Crippen LogP contribution in [0.3, 0.4) is 0 Å². The van der Waals surface area contributed by atoms with Crippen molar-refractivity contribution in [1.29, 1.82) is 0 Å². The van der Waals surface area contributed by atoms with Gasteiger partial charge in [0.25, 0.3) is 5.91 Å². The van der Waals surface area contributed by atoms with Gasteiger partial charge >= 0.3 is 0 Å². The average molecular weight is 290 g/mol. The lowest BCUT2D eigenvalue weighted by Crippen LogP contribution is -2.14. The fourth-order valence-electron chi connectivity index (χ4n) is 1.76. The Morgan fingerprint density at radius 1 is 1.35 bits per heavy atom. The molecule has 0 saturated heterocycles. The molecule has 0 unspecified atom stereocenters. The molecule has 0 radical (unpaired) electrons. The number of hydrogen-bond acceptors (Lipinski definition) is 5. The summed E-state index contributed by atoms with van der Waals surface area (Å²) in [4.78, 5) is 12.7. The van der Waals surface area contributed by atoms with Gasteiger partial charge in [0.1, 0.15) is 10.6 Å². The van der Waals surface area contributed by atoms with Crippen molar-refractivity contribution in [3.63, 3.8) is 0 Å². The third-order valence-electron chi connectivity index (χ3n) is 2.77. The lowest BCUT2D eigenvalue weighted by molar-refractivity contribution is 0.102. The zero-order valence-corrected chi connectivity index (χ0v) is 11.9. The lowest BCUT2D eigenvalue weighted by atomic mass is 10.1. The summed E-state index contributed by atoms with van der Waals surface area (Å²) >= 11 is 1.30.